The van der Waals surface area contributed by atoms with Crippen molar-refractivity contribution in [3.63, 3.8) is 0 Å². The van der Waals surface area contributed by atoms with Crippen molar-refractivity contribution in [2.24, 2.45) is 0 Å². The van der Waals surface area contributed by atoms with Crippen molar-refractivity contribution in [2.45, 2.75) is 33.5 Å². The zero-order valence-corrected chi connectivity index (χ0v) is 11.1. The lowest BCUT2D eigenvalue weighted by atomic mass is 10.2. The van der Waals surface area contributed by atoms with E-state index in [1.807, 2.05) is 32.9 Å². The average molecular weight is 248 g/mol. The molecule has 0 amide bonds. The van der Waals surface area contributed by atoms with E-state index >= 15 is 0 Å². The molecule has 0 N–H and O–H groups in total. The minimum absolute atomic E-state index is 0.239. The van der Waals surface area contributed by atoms with Crippen LogP contribution < -0.4 is 0 Å². The molecular formula is C13H16N2OS. The molecule has 0 saturated carbocycles. The summed E-state index contributed by atoms with van der Waals surface area (Å²) in [6.07, 6.45) is 3.85. The Balaban J connectivity index is 2.20. The number of ether oxygens (including phenoxy) is 1. The molecule has 0 aromatic carbocycles. The van der Waals surface area contributed by atoms with Gasteiger partial charge in [0, 0.05) is 12.4 Å². The Kier molecular flexibility index (Phi) is 3.86. The van der Waals surface area contributed by atoms with Gasteiger partial charge in [0.2, 0.25) is 0 Å². The maximum Gasteiger partial charge on any atom is 0.119 e. The molecule has 0 saturated heterocycles. The third-order valence-electron chi connectivity index (χ3n) is 2.32. The number of nitrogens with zero attached hydrogens (tertiary/aromatic N) is 2. The number of hydrogen-bond acceptors (Lipinski definition) is 4. The number of aromatic nitrogens is 2. The molecule has 0 aliphatic carbocycles. The molecule has 0 fully saturated rings. The zero-order chi connectivity index (χ0) is 12.3. The molecule has 0 unspecified atom stereocenters. The zero-order valence-electron chi connectivity index (χ0n) is 10.3. The van der Waals surface area contributed by atoms with Crippen molar-refractivity contribution >= 4 is 11.3 Å². The SMILES string of the molecule is Cc1nc(COC(C)C)sc1-c1ccncc1. The highest BCUT2D eigenvalue weighted by atomic mass is 32.1. The smallest absolute Gasteiger partial charge is 0.119 e. The largest absolute Gasteiger partial charge is 0.372 e. The quantitative estimate of drug-likeness (QED) is 0.831. The molecule has 17 heavy (non-hydrogen) atoms. The fourth-order valence-electron chi connectivity index (χ4n) is 1.52. The highest BCUT2D eigenvalue weighted by molar-refractivity contribution is 7.15. The van der Waals surface area contributed by atoms with Crippen LogP contribution in [0, 0.1) is 6.92 Å². The summed E-state index contributed by atoms with van der Waals surface area (Å²) in [5.74, 6) is 0. The third-order valence-corrected chi connectivity index (χ3v) is 3.50. The molecule has 0 bridgehead atoms. The van der Waals surface area contributed by atoms with Crippen molar-refractivity contribution in [2.75, 3.05) is 0 Å². The first-order chi connectivity index (χ1) is 8.16. The second-order valence-electron chi connectivity index (χ2n) is 4.12. The Hall–Kier alpha value is -1.26. The Bertz CT molecular complexity index is 479. The normalized spacial score (nSPS) is 11.1. The lowest BCUT2D eigenvalue weighted by molar-refractivity contribution is 0.0655. The number of thiazole rings is 1. The first-order valence-electron chi connectivity index (χ1n) is 5.65. The minimum Gasteiger partial charge on any atom is -0.372 e. The lowest BCUT2D eigenvalue weighted by Gasteiger charge is -2.03. The Labute approximate surface area is 106 Å². The Morgan fingerprint density at radius 2 is 2.00 bits per heavy atom. The molecule has 0 atom stereocenters. The van der Waals surface area contributed by atoms with E-state index in [1.54, 1.807) is 23.7 Å². The van der Waals surface area contributed by atoms with Gasteiger partial charge in [0.1, 0.15) is 5.01 Å². The van der Waals surface area contributed by atoms with Crippen molar-refractivity contribution in [1.82, 2.24) is 9.97 Å². The van der Waals surface area contributed by atoms with Gasteiger partial charge in [-0.2, -0.15) is 0 Å². The van der Waals surface area contributed by atoms with E-state index < -0.39 is 0 Å². The lowest BCUT2D eigenvalue weighted by Crippen LogP contribution is -2.01. The summed E-state index contributed by atoms with van der Waals surface area (Å²) >= 11 is 1.69. The molecule has 2 rings (SSSR count). The van der Waals surface area contributed by atoms with Crippen LogP contribution >= 0.6 is 11.3 Å². The van der Waals surface area contributed by atoms with E-state index in [0.717, 1.165) is 10.7 Å². The number of rotatable bonds is 4. The van der Waals surface area contributed by atoms with Gasteiger partial charge in [0.25, 0.3) is 0 Å². The van der Waals surface area contributed by atoms with Crippen molar-refractivity contribution < 1.29 is 4.74 Å². The minimum atomic E-state index is 0.239. The second kappa shape index (κ2) is 5.38. The van der Waals surface area contributed by atoms with E-state index in [4.69, 9.17) is 4.74 Å². The predicted octanol–water partition coefficient (Wildman–Crippen LogP) is 3.44. The maximum absolute atomic E-state index is 5.57. The Morgan fingerprint density at radius 3 is 2.65 bits per heavy atom. The summed E-state index contributed by atoms with van der Waals surface area (Å²) < 4.78 is 5.57. The summed E-state index contributed by atoms with van der Waals surface area (Å²) in [5, 5.41) is 1.03. The van der Waals surface area contributed by atoms with Crippen LogP contribution in [0.5, 0.6) is 0 Å². The van der Waals surface area contributed by atoms with Crippen LogP contribution in [0.25, 0.3) is 10.4 Å². The van der Waals surface area contributed by atoms with Gasteiger partial charge in [-0.05, 0) is 38.5 Å². The van der Waals surface area contributed by atoms with Crippen LogP contribution in [0.3, 0.4) is 0 Å². The molecule has 2 aromatic heterocycles. The molecule has 0 aliphatic heterocycles. The van der Waals surface area contributed by atoms with Gasteiger partial charge in [-0.1, -0.05) is 0 Å². The predicted molar refractivity (Wildman–Crippen MR) is 70.0 cm³/mol. The van der Waals surface area contributed by atoms with Crippen molar-refractivity contribution in [3.8, 4) is 10.4 Å². The highest BCUT2D eigenvalue weighted by Crippen LogP contribution is 2.29. The van der Waals surface area contributed by atoms with Crippen LogP contribution in [0.2, 0.25) is 0 Å². The molecule has 0 aliphatic rings. The monoisotopic (exact) mass is 248 g/mol. The fourth-order valence-corrected chi connectivity index (χ4v) is 2.52. The van der Waals surface area contributed by atoms with Gasteiger partial charge >= 0.3 is 0 Å². The molecule has 0 spiro atoms. The van der Waals surface area contributed by atoms with Gasteiger partial charge in [0.05, 0.1) is 23.3 Å². The average Bonchev–Trinajstić information content (AvgIpc) is 2.69. The van der Waals surface area contributed by atoms with Gasteiger partial charge in [-0.15, -0.1) is 11.3 Å². The summed E-state index contributed by atoms with van der Waals surface area (Å²) in [4.78, 5) is 9.76. The number of aryl methyl sites for hydroxylation is 1. The van der Waals surface area contributed by atoms with Crippen LogP contribution in [0.4, 0.5) is 0 Å². The molecule has 0 radical (unpaired) electrons. The van der Waals surface area contributed by atoms with Crippen molar-refractivity contribution in [1.29, 1.82) is 0 Å². The van der Waals surface area contributed by atoms with Crippen LogP contribution in [0.15, 0.2) is 24.5 Å². The van der Waals surface area contributed by atoms with E-state index in [1.165, 1.54) is 10.4 Å². The van der Waals surface area contributed by atoms with E-state index in [2.05, 4.69) is 9.97 Å². The van der Waals surface area contributed by atoms with E-state index in [-0.39, 0.29) is 6.10 Å². The molecule has 90 valence electrons. The number of hydrogen-bond donors (Lipinski definition) is 0. The van der Waals surface area contributed by atoms with Gasteiger partial charge < -0.3 is 4.74 Å². The summed E-state index contributed by atoms with van der Waals surface area (Å²) in [5.41, 5.74) is 2.23. The number of pyridine rings is 1. The molecule has 4 heteroatoms. The van der Waals surface area contributed by atoms with Crippen molar-refractivity contribution in [3.05, 3.63) is 35.2 Å². The first-order valence-corrected chi connectivity index (χ1v) is 6.47. The summed E-state index contributed by atoms with van der Waals surface area (Å²) in [6.45, 7) is 6.69. The highest BCUT2D eigenvalue weighted by Gasteiger charge is 2.09. The second-order valence-corrected chi connectivity index (χ2v) is 5.20. The van der Waals surface area contributed by atoms with Crippen LogP contribution in [0.1, 0.15) is 24.5 Å². The maximum atomic E-state index is 5.57. The molecule has 2 aromatic rings. The van der Waals surface area contributed by atoms with Gasteiger partial charge in [-0.3, -0.25) is 4.98 Å². The van der Waals surface area contributed by atoms with Crippen LogP contribution in [-0.2, 0) is 11.3 Å². The van der Waals surface area contributed by atoms with E-state index in [0.29, 0.717) is 6.61 Å². The fraction of sp³-hybridized carbons (Fsp3) is 0.385. The topological polar surface area (TPSA) is 35.0 Å². The standard InChI is InChI=1S/C13H16N2OS/c1-9(2)16-8-12-15-10(3)13(17-12)11-4-6-14-7-5-11/h4-7,9H,8H2,1-3H3. The summed E-state index contributed by atoms with van der Waals surface area (Å²) in [6, 6.07) is 4.02. The van der Waals surface area contributed by atoms with Gasteiger partial charge in [0.15, 0.2) is 0 Å². The van der Waals surface area contributed by atoms with Gasteiger partial charge in [-0.25, -0.2) is 4.98 Å². The summed E-state index contributed by atoms with van der Waals surface area (Å²) in [7, 11) is 0. The molecule has 3 nitrogen and oxygen atoms in total. The molecular weight excluding hydrogens is 232 g/mol. The first kappa shape index (κ1) is 12.2. The van der Waals surface area contributed by atoms with E-state index in [9.17, 15) is 0 Å². The van der Waals surface area contributed by atoms with Crippen LogP contribution in [-0.4, -0.2) is 16.1 Å². The molecule has 2 heterocycles. The third kappa shape index (κ3) is 3.11. The Morgan fingerprint density at radius 1 is 1.29 bits per heavy atom.